The van der Waals surface area contributed by atoms with Crippen LogP contribution in [-0.4, -0.2) is 72.5 Å². The topological polar surface area (TPSA) is 46.6 Å². The number of nitrogens with zero attached hydrogens (tertiary/aromatic N) is 1. The molecule has 0 aliphatic rings. The molecule has 0 unspecified atom stereocenters. The molecular weight excluding hydrogens is 472 g/mol. The van der Waals surface area contributed by atoms with Crippen LogP contribution in [0.15, 0.2) is 0 Å². The lowest BCUT2D eigenvalue weighted by Gasteiger charge is -2.31. The molecule has 0 aromatic carbocycles. The van der Waals surface area contributed by atoms with E-state index in [1.807, 2.05) is 0 Å². The highest BCUT2D eigenvalue weighted by molar-refractivity contribution is 5.85. The van der Waals surface area contributed by atoms with Gasteiger partial charge in [-0.05, 0) is 6.92 Å². The summed E-state index contributed by atoms with van der Waals surface area (Å²) in [6.45, 7) is -3.85. The summed E-state index contributed by atoms with van der Waals surface area (Å²) < 4.78 is 178. The Morgan fingerprint density at radius 1 is 0.700 bits per heavy atom. The summed E-state index contributed by atoms with van der Waals surface area (Å²) >= 11 is 0. The summed E-state index contributed by atoms with van der Waals surface area (Å²) in [7, 11) is 0. The van der Waals surface area contributed by atoms with E-state index in [1.165, 1.54) is 0 Å². The van der Waals surface area contributed by atoms with Gasteiger partial charge in [0.05, 0.1) is 6.54 Å². The molecule has 0 N–H and O–H groups in total. The highest BCUT2D eigenvalue weighted by Gasteiger charge is 2.78. The highest BCUT2D eigenvalue weighted by atomic mass is 19.4. The minimum Gasteiger partial charge on any atom is -0.459 e. The molecule has 0 fully saturated rings. The molecule has 4 nitrogen and oxygen atoms in total. The van der Waals surface area contributed by atoms with Gasteiger partial charge in [-0.15, -0.1) is 0 Å². The molecule has 0 aliphatic carbocycles. The standard InChI is InChI=1S/C12H9F14NO3/c1-2-27(5(28)7(13,14)9(17,18)11(21,22)23)3-4-30-6(29)8(15,16)10(19,20)12(24,25)26/h2-4H2,1H3. The second-order valence-electron chi connectivity index (χ2n) is 5.31. The predicted molar refractivity (Wildman–Crippen MR) is 65.1 cm³/mol. The molecule has 0 aromatic heterocycles. The van der Waals surface area contributed by atoms with Crippen molar-refractivity contribution in [2.24, 2.45) is 0 Å². The first-order valence-corrected chi connectivity index (χ1v) is 7.11. The second kappa shape index (κ2) is 8.24. The maximum atomic E-state index is 13.3. The van der Waals surface area contributed by atoms with E-state index in [-0.39, 0.29) is 0 Å². The molecule has 30 heavy (non-hydrogen) atoms. The lowest BCUT2D eigenvalue weighted by Crippen LogP contribution is -2.60. The van der Waals surface area contributed by atoms with Gasteiger partial charge in [0.25, 0.3) is 5.91 Å². The van der Waals surface area contributed by atoms with Gasteiger partial charge in [0.2, 0.25) is 0 Å². The SMILES string of the molecule is CCN(CCOC(=O)C(F)(F)C(F)(F)C(F)(F)F)C(=O)C(F)(F)C(F)(F)C(F)(F)F. The van der Waals surface area contributed by atoms with Gasteiger partial charge in [0.1, 0.15) is 6.61 Å². The van der Waals surface area contributed by atoms with E-state index in [2.05, 4.69) is 4.74 Å². The van der Waals surface area contributed by atoms with Crippen LogP contribution in [0.2, 0.25) is 0 Å². The van der Waals surface area contributed by atoms with Crippen molar-refractivity contribution in [2.45, 2.75) is 43.0 Å². The minimum atomic E-state index is -6.93. The largest absolute Gasteiger partial charge is 0.460 e. The van der Waals surface area contributed by atoms with E-state index < -0.39 is 72.5 Å². The van der Waals surface area contributed by atoms with Gasteiger partial charge in [0, 0.05) is 6.54 Å². The fraction of sp³-hybridized carbons (Fsp3) is 0.833. The van der Waals surface area contributed by atoms with Crippen LogP contribution in [0.4, 0.5) is 61.5 Å². The Morgan fingerprint density at radius 2 is 1.07 bits per heavy atom. The van der Waals surface area contributed by atoms with Crippen molar-refractivity contribution in [3.8, 4) is 0 Å². The summed E-state index contributed by atoms with van der Waals surface area (Å²) in [6, 6.07) is 0. The fourth-order valence-corrected chi connectivity index (χ4v) is 1.56. The van der Waals surface area contributed by atoms with Gasteiger partial charge in [-0.1, -0.05) is 0 Å². The summed E-state index contributed by atoms with van der Waals surface area (Å²) in [6.07, 6.45) is -13.8. The molecule has 1 amide bonds. The number of esters is 1. The zero-order valence-electron chi connectivity index (χ0n) is 14.1. The summed E-state index contributed by atoms with van der Waals surface area (Å²) in [4.78, 5) is 21.5. The Balaban J connectivity index is 5.33. The summed E-state index contributed by atoms with van der Waals surface area (Å²) in [5.74, 6) is -33.5. The monoisotopic (exact) mass is 481 g/mol. The zero-order valence-corrected chi connectivity index (χ0v) is 14.1. The summed E-state index contributed by atoms with van der Waals surface area (Å²) in [5, 5.41) is 0. The quantitative estimate of drug-likeness (QED) is 0.389. The van der Waals surface area contributed by atoms with Crippen molar-refractivity contribution in [2.75, 3.05) is 19.7 Å². The minimum absolute atomic E-state index is 0.563. The van der Waals surface area contributed by atoms with Crippen molar-refractivity contribution in [1.82, 2.24) is 4.90 Å². The molecule has 0 aliphatic heterocycles. The van der Waals surface area contributed by atoms with Gasteiger partial charge in [0.15, 0.2) is 0 Å². The van der Waals surface area contributed by atoms with Crippen LogP contribution in [0.1, 0.15) is 6.92 Å². The van der Waals surface area contributed by atoms with Gasteiger partial charge >= 0.3 is 42.0 Å². The summed E-state index contributed by atoms with van der Waals surface area (Å²) in [5.41, 5.74) is 0. The number of rotatable bonds is 8. The maximum absolute atomic E-state index is 13.3. The van der Waals surface area contributed by atoms with Gasteiger partial charge in [-0.2, -0.15) is 61.5 Å². The molecular formula is C12H9F14NO3. The van der Waals surface area contributed by atoms with Crippen LogP contribution in [-0.2, 0) is 14.3 Å². The van der Waals surface area contributed by atoms with Crippen LogP contribution in [0.5, 0.6) is 0 Å². The number of hydrogen-bond donors (Lipinski definition) is 0. The van der Waals surface area contributed by atoms with E-state index in [1.54, 1.807) is 0 Å². The van der Waals surface area contributed by atoms with Crippen LogP contribution in [0, 0.1) is 0 Å². The number of alkyl halides is 14. The van der Waals surface area contributed by atoms with Crippen molar-refractivity contribution in [3.05, 3.63) is 0 Å². The zero-order chi connectivity index (χ0) is 24.6. The molecule has 0 rings (SSSR count). The maximum Gasteiger partial charge on any atom is 0.460 e. The average molecular weight is 481 g/mol. The number of likely N-dealkylation sites (N-methyl/N-ethyl adjacent to an activating group) is 1. The van der Waals surface area contributed by atoms with E-state index in [0.717, 1.165) is 0 Å². The van der Waals surface area contributed by atoms with Crippen molar-refractivity contribution < 1.29 is 75.8 Å². The van der Waals surface area contributed by atoms with E-state index in [4.69, 9.17) is 0 Å². The van der Waals surface area contributed by atoms with Crippen LogP contribution < -0.4 is 0 Å². The molecule has 0 saturated carbocycles. The van der Waals surface area contributed by atoms with Gasteiger partial charge in [-0.3, -0.25) is 4.79 Å². The third-order valence-electron chi connectivity index (χ3n) is 3.29. The number of carbonyl (C=O) groups is 2. The van der Waals surface area contributed by atoms with E-state index in [9.17, 15) is 71.1 Å². The Morgan fingerprint density at radius 3 is 1.40 bits per heavy atom. The molecule has 0 spiro atoms. The Kier molecular flexibility index (Phi) is 7.68. The third kappa shape index (κ3) is 4.81. The third-order valence-corrected chi connectivity index (χ3v) is 3.29. The molecule has 0 aromatic rings. The first-order chi connectivity index (χ1) is 13.0. The molecule has 18 heteroatoms. The molecule has 0 atom stereocenters. The highest BCUT2D eigenvalue weighted by Crippen LogP contribution is 2.48. The lowest BCUT2D eigenvalue weighted by molar-refractivity contribution is -0.348. The molecule has 178 valence electrons. The normalized spacial score (nSPS) is 14.5. The predicted octanol–water partition coefficient (Wildman–Crippen LogP) is 4.04. The Labute approximate surface area is 156 Å². The number of amides is 1. The fourth-order valence-electron chi connectivity index (χ4n) is 1.56. The Bertz CT molecular complexity index is 639. The molecule has 0 saturated heterocycles. The first-order valence-electron chi connectivity index (χ1n) is 7.11. The first kappa shape index (κ1) is 28.0. The molecule has 0 bridgehead atoms. The molecule has 0 heterocycles. The van der Waals surface area contributed by atoms with Crippen LogP contribution >= 0.6 is 0 Å². The van der Waals surface area contributed by atoms with Crippen LogP contribution in [0.25, 0.3) is 0 Å². The number of halogens is 14. The molecule has 0 radical (unpaired) electrons. The number of ether oxygens (including phenoxy) is 1. The Hall–Kier alpha value is -2.04. The number of carbonyl (C=O) groups excluding carboxylic acids is 2. The van der Waals surface area contributed by atoms with Crippen molar-refractivity contribution in [3.63, 3.8) is 0 Å². The van der Waals surface area contributed by atoms with Crippen molar-refractivity contribution >= 4 is 11.9 Å². The smallest absolute Gasteiger partial charge is 0.459 e. The average Bonchev–Trinajstić information content (AvgIpc) is 2.55. The van der Waals surface area contributed by atoms with E-state index in [0.29, 0.717) is 6.92 Å². The number of hydrogen-bond acceptors (Lipinski definition) is 3. The van der Waals surface area contributed by atoms with Crippen molar-refractivity contribution in [1.29, 1.82) is 0 Å². The lowest BCUT2D eigenvalue weighted by atomic mass is 10.1. The van der Waals surface area contributed by atoms with Crippen LogP contribution in [0.3, 0.4) is 0 Å². The van der Waals surface area contributed by atoms with Gasteiger partial charge in [-0.25, -0.2) is 4.79 Å². The van der Waals surface area contributed by atoms with Gasteiger partial charge < -0.3 is 9.64 Å². The van der Waals surface area contributed by atoms with E-state index >= 15 is 0 Å². The second-order valence-corrected chi connectivity index (χ2v) is 5.31.